The van der Waals surface area contributed by atoms with E-state index in [9.17, 15) is 9.59 Å². The summed E-state index contributed by atoms with van der Waals surface area (Å²) in [6, 6.07) is 18.8. The van der Waals surface area contributed by atoms with Crippen molar-refractivity contribution in [1.29, 1.82) is 0 Å². The van der Waals surface area contributed by atoms with Gasteiger partial charge in [0.05, 0.1) is 37.8 Å². The number of ether oxygens (including phenoxy) is 1. The number of ketones is 1. The van der Waals surface area contributed by atoms with Crippen LogP contribution in [0, 0.1) is 6.92 Å². The Kier molecular flexibility index (Phi) is 5.38. The highest BCUT2D eigenvalue weighted by atomic mass is 32.1. The minimum Gasteiger partial charge on any atom is -0.454 e. The molecular formula is C24H17N3O3S2. The monoisotopic (exact) mass is 459 g/mol. The maximum atomic E-state index is 13.1. The normalized spacial score (nSPS) is 11.0. The maximum Gasteiger partial charge on any atom is 0.339 e. The summed E-state index contributed by atoms with van der Waals surface area (Å²) in [6.07, 6.45) is 0. The van der Waals surface area contributed by atoms with Crippen LogP contribution in [0.25, 0.3) is 27.3 Å². The van der Waals surface area contributed by atoms with Gasteiger partial charge in [0.1, 0.15) is 0 Å². The number of carbonyl (C=O) groups is 2. The Labute approximate surface area is 191 Å². The Balaban J connectivity index is 1.60. The molecule has 0 radical (unpaired) electrons. The van der Waals surface area contributed by atoms with Crippen molar-refractivity contribution in [1.82, 2.24) is 14.8 Å². The number of carbonyl (C=O) groups excluding carboxylic acids is 2. The third-order valence-electron chi connectivity index (χ3n) is 4.94. The molecule has 0 aliphatic carbocycles. The maximum absolute atomic E-state index is 13.1. The molecule has 1 aromatic carbocycles. The zero-order valence-electron chi connectivity index (χ0n) is 17.0. The Bertz CT molecular complexity index is 1410. The molecule has 0 N–H and O–H groups in total. The van der Waals surface area contributed by atoms with Crippen molar-refractivity contribution in [2.75, 3.05) is 6.61 Å². The fraction of sp³-hybridized carbons (Fsp3) is 0.0833. The molecule has 6 nitrogen and oxygen atoms in total. The third-order valence-corrected chi connectivity index (χ3v) is 6.74. The summed E-state index contributed by atoms with van der Waals surface area (Å²) < 4.78 is 7.15. The summed E-state index contributed by atoms with van der Waals surface area (Å²) in [5.41, 5.74) is 3.06. The molecule has 158 valence electrons. The number of pyridine rings is 1. The first-order valence-electron chi connectivity index (χ1n) is 9.85. The van der Waals surface area contributed by atoms with Crippen LogP contribution in [0.15, 0.2) is 71.4 Å². The highest BCUT2D eigenvalue weighted by molar-refractivity contribution is 7.13. The van der Waals surface area contributed by atoms with E-state index in [4.69, 9.17) is 9.72 Å². The van der Waals surface area contributed by atoms with E-state index in [1.54, 1.807) is 22.9 Å². The molecule has 5 aromatic rings. The van der Waals surface area contributed by atoms with Crippen LogP contribution in [-0.2, 0) is 4.74 Å². The summed E-state index contributed by atoms with van der Waals surface area (Å²) in [4.78, 5) is 31.8. The number of nitrogens with zero attached hydrogens (tertiary/aromatic N) is 3. The van der Waals surface area contributed by atoms with Gasteiger partial charge in [0.15, 0.2) is 12.3 Å². The summed E-state index contributed by atoms with van der Waals surface area (Å²) in [5, 5.41) is 9.03. The number of rotatable bonds is 6. The molecule has 0 amide bonds. The smallest absolute Gasteiger partial charge is 0.339 e. The van der Waals surface area contributed by atoms with Crippen LogP contribution in [0.5, 0.6) is 0 Å². The van der Waals surface area contributed by atoms with E-state index in [0.29, 0.717) is 32.9 Å². The molecule has 8 heteroatoms. The van der Waals surface area contributed by atoms with E-state index in [0.717, 1.165) is 10.6 Å². The van der Waals surface area contributed by atoms with Crippen molar-refractivity contribution in [3.8, 4) is 16.3 Å². The van der Waals surface area contributed by atoms with Crippen LogP contribution >= 0.6 is 22.7 Å². The van der Waals surface area contributed by atoms with Gasteiger partial charge in [-0.15, -0.1) is 22.7 Å². The number of Topliss-reactive ketones (excluding diaryl/α,β-unsaturated/α-hetero) is 1. The number of thiophene rings is 2. The van der Waals surface area contributed by atoms with E-state index in [2.05, 4.69) is 5.10 Å². The van der Waals surface area contributed by atoms with Crippen LogP contribution < -0.4 is 0 Å². The average Bonchev–Trinajstić information content (AvgIpc) is 3.59. The van der Waals surface area contributed by atoms with E-state index >= 15 is 0 Å². The number of esters is 1. The van der Waals surface area contributed by atoms with E-state index in [1.807, 2.05) is 60.1 Å². The van der Waals surface area contributed by atoms with Gasteiger partial charge >= 0.3 is 5.97 Å². The first-order valence-corrected chi connectivity index (χ1v) is 11.6. The molecule has 0 bridgehead atoms. The summed E-state index contributed by atoms with van der Waals surface area (Å²) >= 11 is 2.86. The lowest BCUT2D eigenvalue weighted by Gasteiger charge is -2.08. The summed E-state index contributed by atoms with van der Waals surface area (Å²) in [5.74, 6) is -0.801. The molecule has 4 heterocycles. The molecule has 0 fully saturated rings. The van der Waals surface area contributed by atoms with Gasteiger partial charge in [0.25, 0.3) is 0 Å². The molecule has 5 rings (SSSR count). The zero-order valence-corrected chi connectivity index (χ0v) is 18.7. The van der Waals surface area contributed by atoms with Crippen molar-refractivity contribution in [2.24, 2.45) is 0 Å². The lowest BCUT2D eigenvalue weighted by atomic mass is 10.1. The van der Waals surface area contributed by atoms with Crippen LogP contribution in [0.2, 0.25) is 0 Å². The molecule has 0 saturated carbocycles. The van der Waals surface area contributed by atoms with Crippen LogP contribution in [0.1, 0.15) is 25.7 Å². The molecule has 0 unspecified atom stereocenters. The molecule has 0 aliphatic rings. The van der Waals surface area contributed by atoms with Gasteiger partial charge in [0, 0.05) is 0 Å². The lowest BCUT2D eigenvalue weighted by molar-refractivity contribution is 0.0477. The Morgan fingerprint density at radius 3 is 2.50 bits per heavy atom. The zero-order chi connectivity index (χ0) is 22.1. The van der Waals surface area contributed by atoms with Crippen molar-refractivity contribution >= 4 is 45.5 Å². The molecule has 4 aromatic heterocycles. The quantitative estimate of drug-likeness (QED) is 0.246. The van der Waals surface area contributed by atoms with Crippen LogP contribution in [0.3, 0.4) is 0 Å². The van der Waals surface area contributed by atoms with E-state index < -0.39 is 5.97 Å². The minimum atomic E-state index is -0.573. The van der Waals surface area contributed by atoms with Gasteiger partial charge in [-0.05, 0) is 48.0 Å². The Morgan fingerprint density at radius 2 is 1.78 bits per heavy atom. The number of hydrogen-bond acceptors (Lipinski definition) is 7. The second-order valence-electron chi connectivity index (χ2n) is 7.04. The summed E-state index contributed by atoms with van der Waals surface area (Å²) in [6.45, 7) is 1.52. The summed E-state index contributed by atoms with van der Waals surface area (Å²) in [7, 11) is 0. The molecule has 0 atom stereocenters. The lowest BCUT2D eigenvalue weighted by Crippen LogP contribution is -2.14. The van der Waals surface area contributed by atoms with Gasteiger partial charge in [-0.25, -0.2) is 14.5 Å². The SMILES string of the molecule is Cc1nn(-c2ccccc2)c2nc(-c3cccs3)cc(C(=O)OCC(=O)c3cccs3)c12. The largest absolute Gasteiger partial charge is 0.454 e. The predicted molar refractivity (Wildman–Crippen MR) is 126 cm³/mol. The highest BCUT2D eigenvalue weighted by Gasteiger charge is 2.23. The van der Waals surface area contributed by atoms with E-state index in [1.165, 1.54) is 22.7 Å². The molecule has 0 aliphatic heterocycles. The number of hydrogen-bond donors (Lipinski definition) is 0. The third kappa shape index (κ3) is 3.74. The second-order valence-corrected chi connectivity index (χ2v) is 8.94. The van der Waals surface area contributed by atoms with Crippen molar-refractivity contribution in [2.45, 2.75) is 6.92 Å². The number of benzene rings is 1. The minimum absolute atomic E-state index is 0.228. The molecular weight excluding hydrogens is 442 g/mol. The average molecular weight is 460 g/mol. The molecule has 0 spiro atoms. The predicted octanol–water partition coefficient (Wildman–Crippen LogP) is 5.56. The first-order chi connectivity index (χ1) is 15.6. The number of para-hydroxylation sites is 1. The Hall–Kier alpha value is -3.62. The fourth-order valence-corrected chi connectivity index (χ4v) is 4.80. The first kappa shape index (κ1) is 20.3. The van der Waals surface area contributed by atoms with Crippen molar-refractivity contribution < 1.29 is 14.3 Å². The number of fused-ring (bicyclic) bond motifs is 1. The van der Waals surface area contributed by atoms with Gasteiger partial charge in [-0.2, -0.15) is 5.10 Å². The van der Waals surface area contributed by atoms with Gasteiger partial charge in [-0.3, -0.25) is 4.79 Å². The molecule has 32 heavy (non-hydrogen) atoms. The second kappa shape index (κ2) is 8.49. The fourth-order valence-electron chi connectivity index (χ4n) is 3.47. The van der Waals surface area contributed by atoms with Crippen LogP contribution in [0.4, 0.5) is 0 Å². The van der Waals surface area contributed by atoms with E-state index in [-0.39, 0.29) is 12.4 Å². The van der Waals surface area contributed by atoms with Crippen molar-refractivity contribution in [3.63, 3.8) is 0 Å². The topological polar surface area (TPSA) is 74.1 Å². The molecule has 0 saturated heterocycles. The van der Waals surface area contributed by atoms with Gasteiger partial charge < -0.3 is 4.74 Å². The standard InChI is InChI=1S/C24H17N3O3S2/c1-15-22-17(24(29)30-14-19(28)21-10-6-12-32-21)13-18(20-9-5-11-31-20)25-23(22)27(26-15)16-7-3-2-4-8-16/h2-13H,14H2,1H3. The van der Waals surface area contributed by atoms with Crippen LogP contribution in [-0.4, -0.2) is 33.1 Å². The number of aromatic nitrogens is 3. The Morgan fingerprint density at radius 1 is 1.00 bits per heavy atom. The van der Waals surface area contributed by atoms with Crippen molar-refractivity contribution in [3.05, 3.63) is 87.6 Å². The highest BCUT2D eigenvalue weighted by Crippen LogP contribution is 2.31. The number of aryl methyl sites for hydroxylation is 1. The van der Waals surface area contributed by atoms with Gasteiger partial charge in [0.2, 0.25) is 5.78 Å². The van der Waals surface area contributed by atoms with Gasteiger partial charge in [-0.1, -0.05) is 30.3 Å².